The minimum absolute atomic E-state index is 0.113. The summed E-state index contributed by atoms with van der Waals surface area (Å²) in [6.07, 6.45) is -4.62. The number of rotatable bonds is 2. The number of esters is 1. The van der Waals surface area contributed by atoms with Gasteiger partial charge >= 0.3 is 18.1 Å². The molecular weight excluding hydrogens is 297 g/mol. The maximum absolute atomic E-state index is 12.1. The molecule has 122 valence electrons. The standard InChI is InChI=1S/C9H13F3N2O3.C2H4O2/c1-17-7(15)5-2-3-13-4-6(5)14-8(16)9(10,11)12;1-2(3)4/h5-6,13H,2-4H2,1H3,(H,14,16);1H3,(H,3,4). The van der Waals surface area contributed by atoms with Crippen LogP contribution in [0.4, 0.5) is 13.2 Å². The van der Waals surface area contributed by atoms with E-state index in [2.05, 4.69) is 10.1 Å². The lowest BCUT2D eigenvalue weighted by atomic mass is 9.92. The van der Waals surface area contributed by atoms with Gasteiger partial charge in [-0.2, -0.15) is 13.2 Å². The largest absolute Gasteiger partial charge is 0.481 e. The summed E-state index contributed by atoms with van der Waals surface area (Å²) in [5.74, 6) is -4.23. The molecule has 1 amide bonds. The Morgan fingerprint density at radius 1 is 1.33 bits per heavy atom. The Balaban J connectivity index is 0.000000885. The van der Waals surface area contributed by atoms with Crippen molar-refractivity contribution in [2.45, 2.75) is 25.6 Å². The van der Waals surface area contributed by atoms with Crippen molar-refractivity contribution in [2.75, 3.05) is 20.2 Å². The highest BCUT2D eigenvalue weighted by Crippen LogP contribution is 2.18. The fourth-order valence-electron chi connectivity index (χ4n) is 1.69. The van der Waals surface area contributed by atoms with Crippen molar-refractivity contribution >= 4 is 17.8 Å². The predicted octanol–water partition coefficient (Wildman–Crippen LogP) is -0.0931. The van der Waals surface area contributed by atoms with Crippen molar-refractivity contribution in [3.8, 4) is 0 Å². The second kappa shape index (κ2) is 8.45. The Hall–Kier alpha value is -1.84. The molecule has 0 aliphatic carbocycles. The second-order valence-corrected chi connectivity index (χ2v) is 4.22. The van der Waals surface area contributed by atoms with Crippen LogP contribution in [-0.4, -0.2) is 55.4 Å². The molecule has 7 nitrogen and oxygen atoms in total. The number of nitrogens with one attached hydrogen (secondary N) is 2. The Morgan fingerprint density at radius 3 is 2.29 bits per heavy atom. The van der Waals surface area contributed by atoms with E-state index in [-0.39, 0.29) is 6.54 Å². The Kier molecular flexibility index (Phi) is 7.71. The Bertz CT molecular complexity index is 383. The summed E-state index contributed by atoms with van der Waals surface area (Å²) in [5, 5.41) is 12.0. The number of aliphatic carboxylic acids is 1. The lowest BCUT2D eigenvalue weighted by Gasteiger charge is -2.30. The van der Waals surface area contributed by atoms with Crippen LogP contribution in [-0.2, 0) is 19.1 Å². The zero-order valence-corrected chi connectivity index (χ0v) is 11.5. The molecule has 0 bridgehead atoms. The lowest BCUT2D eigenvalue weighted by Crippen LogP contribution is -2.56. The smallest absolute Gasteiger partial charge is 0.471 e. The third-order valence-corrected chi connectivity index (χ3v) is 2.56. The van der Waals surface area contributed by atoms with Gasteiger partial charge in [0.1, 0.15) is 0 Å². The minimum Gasteiger partial charge on any atom is -0.481 e. The van der Waals surface area contributed by atoms with Gasteiger partial charge in [-0.25, -0.2) is 0 Å². The average molecular weight is 314 g/mol. The molecule has 1 fully saturated rings. The van der Waals surface area contributed by atoms with Crippen molar-refractivity contribution in [2.24, 2.45) is 5.92 Å². The average Bonchev–Trinajstić information content (AvgIpc) is 2.36. The molecule has 2 unspecified atom stereocenters. The van der Waals surface area contributed by atoms with Crippen LogP contribution in [0.15, 0.2) is 0 Å². The van der Waals surface area contributed by atoms with Crippen LogP contribution < -0.4 is 10.6 Å². The molecule has 2 atom stereocenters. The molecule has 3 N–H and O–H groups in total. The molecular formula is C11H17F3N2O5. The van der Waals surface area contributed by atoms with E-state index >= 15 is 0 Å². The maximum atomic E-state index is 12.1. The minimum atomic E-state index is -4.95. The number of carboxylic acid groups (broad SMARTS) is 1. The number of carbonyl (C=O) groups is 3. The number of amides is 1. The van der Waals surface area contributed by atoms with Crippen LogP contribution in [0.2, 0.25) is 0 Å². The predicted molar refractivity (Wildman–Crippen MR) is 64.3 cm³/mol. The molecule has 1 saturated heterocycles. The topological polar surface area (TPSA) is 105 Å². The number of alkyl halides is 3. The highest BCUT2D eigenvalue weighted by molar-refractivity contribution is 5.83. The number of ether oxygens (including phenoxy) is 1. The number of halogens is 3. The Labute approximate surface area is 118 Å². The SMILES string of the molecule is CC(=O)O.COC(=O)C1CCNCC1NC(=O)C(F)(F)F. The van der Waals surface area contributed by atoms with Crippen molar-refractivity contribution in [3.63, 3.8) is 0 Å². The first-order valence-corrected chi connectivity index (χ1v) is 5.95. The molecule has 10 heteroatoms. The highest BCUT2D eigenvalue weighted by atomic mass is 19.4. The number of methoxy groups -OCH3 is 1. The van der Waals surface area contributed by atoms with Gasteiger partial charge in [0.2, 0.25) is 0 Å². The fourth-order valence-corrected chi connectivity index (χ4v) is 1.69. The summed E-state index contributed by atoms with van der Waals surface area (Å²) >= 11 is 0. The van der Waals surface area contributed by atoms with Gasteiger partial charge in [-0.1, -0.05) is 0 Å². The van der Waals surface area contributed by atoms with E-state index in [1.165, 1.54) is 0 Å². The summed E-state index contributed by atoms with van der Waals surface area (Å²) in [5.41, 5.74) is 0. The van der Waals surface area contributed by atoms with Crippen molar-refractivity contribution in [3.05, 3.63) is 0 Å². The maximum Gasteiger partial charge on any atom is 0.471 e. The first-order valence-electron chi connectivity index (χ1n) is 5.95. The molecule has 0 radical (unpaired) electrons. The monoisotopic (exact) mass is 314 g/mol. The summed E-state index contributed by atoms with van der Waals surface area (Å²) in [7, 11) is 1.16. The van der Waals surface area contributed by atoms with Gasteiger partial charge in [0.25, 0.3) is 5.97 Å². The zero-order chi connectivity index (χ0) is 16.6. The van der Waals surface area contributed by atoms with Gasteiger partial charge in [-0.3, -0.25) is 14.4 Å². The molecule has 1 aliphatic heterocycles. The number of piperidine rings is 1. The van der Waals surface area contributed by atoms with E-state index in [0.717, 1.165) is 14.0 Å². The molecule has 1 heterocycles. The van der Waals surface area contributed by atoms with Crippen LogP contribution in [0.3, 0.4) is 0 Å². The molecule has 0 saturated carbocycles. The van der Waals surface area contributed by atoms with Crippen LogP contribution in [0.5, 0.6) is 0 Å². The fraction of sp³-hybridized carbons (Fsp3) is 0.727. The van der Waals surface area contributed by atoms with E-state index in [9.17, 15) is 22.8 Å². The number of carbonyl (C=O) groups excluding carboxylic acids is 2. The highest BCUT2D eigenvalue weighted by Gasteiger charge is 2.42. The molecule has 1 rings (SSSR count). The van der Waals surface area contributed by atoms with Gasteiger partial charge in [-0.05, 0) is 13.0 Å². The summed E-state index contributed by atoms with van der Waals surface area (Å²) < 4.78 is 40.7. The van der Waals surface area contributed by atoms with Crippen LogP contribution in [0.1, 0.15) is 13.3 Å². The normalized spacial score (nSPS) is 21.6. The van der Waals surface area contributed by atoms with Gasteiger partial charge in [0, 0.05) is 13.5 Å². The number of hydrogen-bond donors (Lipinski definition) is 3. The summed E-state index contributed by atoms with van der Waals surface area (Å²) in [4.78, 5) is 31.1. The van der Waals surface area contributed by atoms with Crippen molar-refractivity contribution < 1.29 is 37.4 Å². The number of carboxylic acids is 1. The van der Waals surface area contributed by atoms with Gasteiger partial charge in [0.15, 0.2) is 0 Å². The first kappa shape index (κ1) is 19.2. The molecule has 0 aromatic carbocycles. The summed E-state index contributed by atoms with van der Waals surface area (Å²) in [6, 6.07) is -0.898. The van der Waals surface area contributed by atoms with E-state index in [1.807, 2.05) is 0 Å². The lowest BCUT2D eigenvalue weighted by molar-refractivity contribution is -0.175. The van der Waals surface area contributed by atoms with Gasteiger partial charge in [0.05, 0.1) is 19.1 Å². The first-order chi connectivity index (χ1) is 9.59. The molecule has 0 aromatic rings. The van der Waals surface area contributed by atoms with Gasteiger partial charge < -0.3 is 20.5 Å². The van der Waals surface area contributed by atoms with E-state index in [1.54, 1.807) is 5.32 Å². The van der Waals surface area contributed by atoms with E-state index in [0.29, 0.717) is 13.0 Å². The third kappa shape index (κ3) is 7.49. The molecule has 21 heavy (non-hydrogen) atoms. The van der Waals surface area contributed by atoms with Crippen molar-refractivity contribution in [1.82, 2.24) is 10.6 Å². The second-order valence-electron chi connectivity index (χ2n) is 4.22. The number of hydrogen-bond acceptors (Lipinski definition) is 5. The molecule has 1 aliphatic rings. The quantitative estimate of drug-likeness (QED) is 0.615. The third-order valence-electron chi connectivity index (χ3n) is 2.56. The Morgan fingerprint density at radius 2 is 1.86 bits per heavy atom. The van der Waals surface area contributed by atoms with Crippen LogP contribution in [0.25, 0.3) is 0 Å². The van der Waals surface area contributed by atoms with Crippen molar-refractivity contribution in [1.29, 1.82) is 0 Å². The van der Waals surface area contributed by atoms with Crippen LogP contribution >= 0.6 is 0 Å². The molecule has 0 aromatic heterocycles. The van der Waals surface area contributed by atoms with Crippen LogP contribution in [0, 0.1) is 5.92 Å². The van der Waals surface area contributed by atoms with E-state index in [4.69, 9.17) is 9.90 Å². The molecule has 0 spiro atoms. The summed E-state index contributed by atoms with van der Waals surface area (Å²) in [6.45, 7) is 1.69. The van der Waals surface area contributed by atoms with E-state index < -0.39 is 36.0 Å². The van der Waals surface area contributed by atoms with Gasteiger partial charge in [-0.15, -0.1) is 0 Å². The zero-order valence-electron chi connectivity index (χ0n) is 11.5.